The molecule has 1 aromatic rings. The minimum Gasteiger partial charge on any atom is -0.389 e. The third-order valence-corrected chi connectivity index (χ3v) is 12.5. The maximum absolute atomic E-state index is 12.5. The highest BCUT2D eigenvalue weighted by Crippen LogP contribution is 2.68. The third-order valence-electron chi connectivity index (χ3n) is 12.5. The van der Waals surface area contributed by atoms with E-state index >= 15 is 0 Å². The summed E-state index contributed by atoms with van der Waals surface area (Å²) in [7, 11) is 4.16. The van der Waals surface area contributed by atoms with Crippen molar-refractivity contribution in [3.63, 3.8) is 0 Å². The molecule has 3 saturated carbocycles. The van der Waals surface area contributed by atoms with Crippen molar-refractivity contribution in [1.82, 2.24) is 0 Å². The van der Waals surface area contributed by atoms with Gasteiger partial charge in [0, 0.05) is 57.2 Å². The Kier molecular flexibility index (Phi) is 8.00. The van der Waals surface area contributed by atoms with Crippen LogP contribution in [0.1, 0.15) is 102 Å². The lowest BCUT2D eigenvalue weighted by molar-refractivity contribution is -0.208. The van der Waals surface area contributed by atoms with Crippen LogP contribution in [-0.4, -0.2) is 74.0 Å². The zero-order valence-corrected chi connectivity index (χ0v) is 26.6. The summed E-state index contributed by atoms with van der Waals surface area (Å²) in [4.78, 5) is 2.14. The fourth-order valence-corrected chi connectivity index (χ4v) is 10.2. The molecule has 4 aliphatic carbocycles. The summed E-state index contributed by atoms with van der Waals surface area (Å²) in [6.07, 6.45) is 11.5. The quantitative estimate of drug-likeness (QED) is 0.292. The predicted molar refractivity (Wildman–Crippen MR) is 166 cm³/mol. The molecule has 2 saturated heterocycles. The van der Waals surface area contributed by atoms with E-state index in [1.165, 1.54) is 28.8 Å². The molecule has 0 bridgehead atoms. The molecule has 1 aromatic carbocycles. The van der Waals surface area contributed by atoms with Gasteiger partial charge in [0.1, 0.15) is 0 Å². The Balaban J connectivity index is 1.19. The number of hydrogen-bond acceptors (Lipinski definition) is 7. The molecular formula is C36H53NO6. The van der Waals surface area contributed by atoms with Crippen LogP contribution in [0.2, 0.25) is 0 Å². The highest BCUT2D eigenvalue weighted by atomic mass is 16.7. The molecule has 7 nitrogen and oxygen atoms in total. The fraction of sp³-hybridized carbons (Fsp3) is 0.778. The monoisotopic (exact) mass is 595 g/mol. The van der Waals surface area contributed by atoms with Gasteiger partial charge in [0.05, 0.1) is 24.4 Å². The summed E-state index contributed by atoms with van der Waals surface area (Å²) < 4.78 is 24.1. The van der Waals surface area contributed by atoms with Gasteiger partial charge in [-0.3, -0.25) is 0 Å². The molecule has 1 spiro atoms. The van der Waals surface area contributed by atoms with E-state index in [0.29, 0.717) is 38.1 Å². The van der Waals surface area contributed by atoms with Crippen molar-refractivity contribution < 1.29 is 29.2 Å². The molecule has 5 fully saturated rings. The number of anilines is 1. The highest BCUT2D eigenvalue weighted by molar-refractivity contribution is 5.50. The molecule has 2 aliphatic heterocycles. The van der Waals surface area contributed by atoms with Crippen molar-refractivity contribution in [2.24, 2.45) is 17.3 Å². The van der Waals surface area contributed by atoms with E-state index in [-0.39, 0.29) is 17.6 Å². The van der Waals surface area contributed by atoms with E-state index in [0.717, 1.165) is 77.2 Å². The number of benzene rings is 1. The van der Waals surface area contributed by atoms with E-state index in [1.807, 2.05) is 0 Å². The van der Waals surface area contributed by atoms with Gasteiger partial charge in [0.2, 0.25) is 0 Å². The minimum absolute atomic E-state index is 0.0793. The number of allylic oxidation sites excluding steroid dienone is 1. The lowest BCUT2D eigenvalue weighted by Gasteiger charge is -2.57. The van der Waals surface area contributed by atoms with E-state index in [4.69, 9.17) is 18.9 Å². The second kappa shape index (κ2) is 11.4. The number of hydrogen-bond donors (Lipinski definition) is 2. The molecule has 43 heavy (non-hydrogen) atoms. The third kappa shape index (κ3) is 5.20. The summed E-state index contributed by atoms with van der Waals surface area (Å²) in [6.45, 7) is 5.04. The average Bonchev–Trinajstić information content (AvgIpc) is 3.56. The molecule has 238 valence electrons. The highest BCUT2D eigenvalue weighted by Gasteiger charge is 2.64. The Morgan fingerprint density at radius 1 is 0.953 bits per heavy atom. The summed E-state index contributed by atoms with van der Waals surface area (Å²) in [5.74, 6) is 0.350. The van der Waals surface area contributed by atoms with Crippen LogP contribution in [0.15, 0.2) is 35.4 Å². The normalized spacial score (nSPS) is 40.3. The molecule has 0 radical (unpaired) electrons. The van der Waals surface area contributed by atoms with Gasteiger partial charge in [-0.25, -0.2) is 0 Å². The number of ether oxygens (including phenoxy) is 4. The van der Waals surface area contributed by atoms with Gasteiger partial charge >= 0.3 is 0 Å². The van der Waals surface area contributed by atoms with Crippen LogP contribution < -0.4 is 4.90 Å². The Morgan fingerprint density at radius 3 is 2.47 bits per heavy atom. The number of fused-ring (bicyclic) bond motifs is 4. The lowest BCUT2D eigenvalue weighted by atomic mass is 9.49. The second-order valence-corrected chi connectivity index (χ2v) is 15.0. The molecule has 7 atom stereocenters. The Morgan fingerprint density at radius 2 is 1.74 bits per heavy atom. The molecule has 2 heterocycles. The first kappa shape index (κ1) is 30.2. The maximum atomic E-state index is 12.5. The van der Waals surface area contributed by atoms with Crippen molar-refractivity contribution >= 4 is 5.69 Å². The summed E-state index contributed by atoms with van der Waals surface area (Å²) in [6, 6.07) is 9.03. The van der Waals surface area contributed by atoms with Crippen molar-refractivity contribution in [2.45, 2.75) is 120 Å². The molecular weight excluding hydrogens is 542 g/mol. The van der Waals surface area contributed by atoms with Crippen molar-refractivity contribution in [3.05, 3.63) is 41.0 Å². The number of nitrogens with zero attached hydrogens (tertiary/aromatic N) is 1. The number of aliphatic hydroxyl groups is 2. The zero-order valence-electron chi connectivity index (χ0n) is 26.6. The molecule has 2 N–H and O–H groups in total. The van der Waals surface area contributed by atoms with Gasteiger partial charge < -0.3 is 34.1 Å². The predicted octanol–water partition coefficient (Wildman–Crippen LogP) is 6.08. The minimum atomic E-state index is -0.878. The van der Waals surface area contributed by atoms with Crippen molar-refractivity contribution in [1.29, 1.82) is 0 Å². The fourth-order valence-electron chi connectivity index (χ4n) is 10.2. The molecule has 0 amide bonds. The van der Waals surface area contributed by atoms with Gasteiger partial charge in [0.15, 0.2) is 12.1 Å². The summed E-state index contributed by atoms with van der Waals surface area (Å²) in [5.41, 5.74) is 3.43. The smallest absolute Gasteiger partial charge is 0.171 e. The first-order valence-electron chi connectivity index (χ1n) is 17.1. The SMILES string of the molecule is CN(C)c1ccc([C@H]2C[C@]3(C)C(CC[C@]3(O)CCCOC3CCCCO3)C3CC[C@@]4(O)CC5(CCC4=C32)OCCO5)cc1. The number of rotatable bonds is 7. The Bertz CT molecular complexity index is 1190. The standard InChI is InChI=1S/C36H53NO6/c1-33-23-28(25-8-10-26(11-9-25)37(2)3)32-27(12-16-34(38)24-36(18-14-30(32)34)42-21-22-43-36)29(33)13-17-35(33,39)15-6-20-41-31-7-4-5-19-40-31/h8-11,27-29,31,38-39H,4-7,12-24H2,1-3H3/t27?,28-,29?,31?,33-,34-,35-/m1/s1. The topological polar surface area (TPSA) is 80.6 Å². The molecule has 7 rings (SSSR count). The van der Waals surface area contributed by atoms with E-state index in [9.17, 15) is 10.2 Å². The van der Waals surface area contributed by atoms with Crippen LogP contribution in [0, 0.1) is 17.3 Å². The van der Waals surface area contributed by atoms with Crippen LogP contribution in [0.25, 0.3) is 0 Å². The van der Waals surface area contributed by atoms with Crippen molar-refractivity contribution in [3.8, 4) is 0 Å². The maximum Gasteiger partial charge on any atom is 0.171 e. The summed E-state index contributed by atoms with van der Waals surface area (Å²) in [5, 5.41) is 24.8. The first-order chi connectivity index (χ1) is 20.7. The van der Waals surface area contributed by atoms with E-state index < -0.39 is 17.0 Å². The van der Waals surface area contributed by atoms with Crippen molar-refractivity contribution in [2.75, 3.05) is 45.4 Å². The van der Waals surface area contributed by atoms with Gasteiger partial charge in [-0.15, -0.1) is 0 Å². The van der Waals surface area contributed by atoms with E-state index in [2.05, 4.69) is 50.2 Å². The van der Waals surface area contributed by atoms with Gasteiger partial charge in [-0.05, 0) is 106 Å². The molecule has 6 aliphatic rings. The molecule has 7 heteroatoms. The lowest BCUT2D eigenvalue weighted by Crippen LogP contribution is -2.55. The Labute approximate surface area is 257 Å². The van der Waals surface area contributed by atoms with Crippen LogP contribution in [-0.2, 0) is 18.9 Å². The van der Waals surface area contributed by atoms with Gasteiger partial charge in [0.25, 0.3) is 0 Å². The molecule has 3 unspecified atom stereocenters. The van der Waals surface area contributed by atoms with Gasteiger partial charge in [-0.2, -0.15) is 0 Å². The van der Waals surface area contributed by atoms with E-state index in [1.54, 1.807) is 0 Å². The van der Waals surface area contributed by atoms with Crippen LogP contribution in [0.5, 0.6) is 0 Å². The molecule has 0 aromatic heterocycles. The van der Waals surface area contributed by atoms with Crippen LogP contribution >= 0.6 is 0 Å². The van der Waals surface area contributed by atoms with Gasteiger partial charge in [-0.1, -0.05) is 24.6 Å². The van der Waals surface area contributed by atoms with Crippen LogP contribution in [0.3, 0.4) is 0 Å². The Hall–Kier alpha value is -1.48. The van der Waals surface area contributed by atoms with Crippen LogP contribution in [0.4, 0.5) is 5.69 Å². The average molecular weight is 596 g/mol. The largest absolute Gasteiger partial charge is 0.389 e. The zero-order chi connectivity index (χ0) is 29.9. The summed E-state index contributed by atoms with van der Waals surface area (Å²) >= 11 is 0. The first-order valence-corrected chi connectivity index (χ1v) is 17.1. The second-order valence-electron chi connectivity index (χ2n) is 15.0.